The maximum Gasteiger partial charge on any atom is 0.124 e. The van der Waals surface area contributed by atoms with Gasteiger partial charge in [-0.05, 0) is 29.8 Å². The van der Waals surface area contributed by atoms with E-state index >= 15 is 0 Å². The molecule has 0 aliphatic carbocycles. The number of aromatic nitrogens is 1. The van der Waals surface area contributed by atoms with E-state index in [1.807, 2.05) is 12.1 Å². The van der Waals surface area contributed by atoms with Gasteiger partial charge in [0, 0.05) is 27.5 Å². The van der Waals surface area contributed by atoms with E-state index in [0.29, 0.717) is 0 Å². The van der Waals surface area contributed by atoms with Crippen LogP contribution >= 0.6 is 27.7 Å². The average molecular weight is 298 g/mol. The SMILES string of the molecule is Fc1ccc(CSc2ccncc2)c(Br)c1. The Bertz CT molecular complexity index is 476. The molecular formula is C12H9BrFNS. The van der Waals surface area contributed by atoms with Crippen LogP contribution in [0, 0.1) is 5.82 Å². The van der Waals surface area contributed by atoms with E-state index in [2.05, 4.69) is 20.9 Å². The molecule has 2 rings (SSSR count). The summed E-state index contributed by atoms with van der Waals surface area (Å²) < 4.78 is 13.7. The highest BCUT2D eigenvalue weighted by Gasteiger charge is 2.02. The molecule has 0 spiro atoms. The predicted molar refractivity (Wildman–Crippen MR) is 67.9 cm³/mol. The normalized spacial score (nSPS) is 10.4. The Kier molecular flexibility index (Phi) is 3.96. The van der Waals surface area contributed by atoms with Crippen LogP contribution in [0.25, 0.3) is 0 Å². The van der Waals surface area contributed by atoms with Crippen molar-refractivity contribution in [2.75, 3.05) is 0 Å². The fourth-order valence-corrected chi connectivity index (χ4v) is 2.80. The summed E-state index contributed by atoms with van der Waals surface area (Å²) in [7, 11) is 0. The molecule has 0 N–H and O–H groups in total. The lowest BCUT2D eigenvalue weighted by molar-refractivity contribution is 0.626. The van der Waals surface area contributed by atoms with Gasteiger partial charge < -0.3 is 0 Å². The second-order valence-corrected chi connectivity index (χ2v) is 5.11. The first-order valence-electron chi connectivity index (χ1n) is 4.72. The van der Waals surface area contributed by atoms with Crippen molar-refractivity contribution in [2.24, 2.45) is 0 Å². The Morgan fingerprint density at radius 2 is 1.94 bits per heavy atom. The van der Waals surface area contributed by atoms with Gasteiger partial charge in [-0.15, -0.1) is 11.8 Å². The molecule has 1 heterocycles. The quantitative estimate of drug-likeness (QED) is 0.785. The van der Waals surface area contributed by atoms with Crippen molar-refractivity contribution in [3.05, 3.63) is 58.6 Å². The minimum absolute atomic E-state index is 0.218. The van der Waals surface area contributed by atoms with Gasteiger partial charge in [-0.2, -0.15) is 0 Å². The Labute approximate surface area is 106 Å². The van der Waals surface area contributed by atoms with Crippen LogP contribution in [0.15, 0.2) is 52.1 Å². The zero-order valence-corrected chi connectivity index (χ0v) is 10.8. The number of hydrogen-bond donors (Lipinski definition) is 0. The molecule has 0 unspecified atom stereocenters. The predicted octanol–water partition coefficient (Wildman–Crippen LogP) is 4.28. The Morgan fingerprint density at radius 3 is 2.62 bits per heavy atom. The highest BCUT2D eigenvalue weighted by Crippen LogP contribution is 2.26. The summed E-state index contributed by atoms with van der Waals surface area (Å²) in [6.45, 7) is 0. The molecule has 0 bridgehead atoms. The van der Waals surface area contributed by atoms with Crippen LogP contribution in [0.1, 0.15) is 5.56 Å². The Hall–Kier alpha value is -0.870. The van der Waals surface area contributed by atoms with Crippen molar-refractivity contribution >= 4 is 27.7 Å². The molecule has 0 atom stereocenters. The molecule has 0 fully saturated rings. The minimum atomic E-state index is -0.218. The highest BCUT2D eigenvalue weighted by atomic mass is 79.9. The second-order valence-electron chi connectivity index (χ2n) is 3.21. The molecule has 1 aromatic carbocycles. The molecule has 0 aliphatic heterocycles. The lowest BCUT2D eigenvalue weighted by Gasteiger charge is -2.04. The standard InChI is InChI=1S/C12H9BrFNS/c13-12-7-10(14)2-1-9(12)8-16-11-3-5-15-6-4-11/h1-7H,8H2. The van der Waals surface area contributed by atoms with Gasteiger partial charge in [0.05, 0.1) is 0 Å². The Balaban J connectivity index is 2.05. The number of rotatable bonds is 3. The summed E-state index contributed by atoms with van der Waals surface area (Å²) in [5.74, 6) is 0.592. The molecule has 2 aromatic rings. The zero-order valence-electron chi connectivity index (χ0n) is 8.36. The van der Waals surface area contributed by atoms with E-state index in [1.165, 1.54) is 12.1 Å². The van der Waals surface area contributed by atoms with Crippen LogP contribution in [0.5, 0.6) is 0 Å². The smallest absolute Gasteiger partial charge is 0.124 e. The molecule has 0 radical (unpaired) electrons. The fraction of sp³-hybridized carbons (Fsp3) is 0.0833. The van der Waals surface area contributed by atoms with Gasteiger partial charge in [-0.3, -0.25) is 4.98 Å². The van der Waals surface area contributed by atoms with Crippen molar-refractivity contribution in [3.8, 4) is 0 Å². The molecule has 1 aromatic heterocycles. The lowest BCUT2D eigenvalue weighted by Crippen LogP contribution is -1.85. The zero-order chi connectivity index (χ0) is 11.4. The van der Waals surface area contributed by atoms with Crippen molar-refractivity contribution < 1.29 is 4.39 Å². The van der Waals surface area contributed by atoms with Gasteiger partial charge in [-0.1, -0.05) is 22.0 Å². The van der Waals surface area contributed by atoms with E-state index in [4.69, 9.17) is 0 Å². The maximum absolute atomic E-state index is 12.9. The summed E-state index contributed by atoms with van der Waals surface area (Å²) in [6.07, 6.45) is 3.53. The monoisotopic (exact) mass is 297 g/mol. The summed E-state index contributed by atoms with van der Waals surface area (Å²) >= 11 is 5.06. The van der Waals surface area contributed by atoms with Gasteiger partial charge in [0.1, 0.15) is 5.82 Å². The molecule has 4 heteroatoms. The Morgan fingerprint density at radius 1 is 1.19 bits per heavy atom. The molecule has 16 heavy (non-hydrogen) atoms. The van der Waals surface area contributed by atoms with Crippen molar-refractivity contribution in [1.29, 1.82) is 0 Å². The topological polar surface area (TPSA) is 12.9 Å². The fourth-order valence-electron chi connectivity index (χ4n) is 1.23. The van der Waals surface area contributed by atoms with Crippen LogP contribution in [0.3, 0.4) is 0 Å². The number of nitrogens with zero attached hydrogens (tertiary/aromatic N) is 1. The molecule has 0 saturated heterocycles. The molecule has 0 aliphatic rings. The van der Waals surface area contributed by atoms with Gasteiger partial charge >= 0.3 is 0 Å². The number of benzene rings is 1. The van der Waals surface area contributed by atoms with Crippen LogP contribution < -0.4 is 0 Å². The van der Waals surface area contributed by atoms with Crippen LogP contribution in [-0.4, -0.2) is 4.98 Å². The maximum atomic E-state index is 12.9. The number of hydrogen-bond acceptors (Lipinski definition) is 2. The summed E-state index contributed by atoms with van der Waals surface area (Å²) in [5, 5.41) is 0. The van der Waals surface area contributed by atoms with Gasteiger partial charge in [0.2, 0.25) is 0 Å². The number of thioether (sulfide) groups is 1. The van der Waals surface area contributed by atoms with Crippen molar-refractivity contribution in [2.45, 2.75) is 10.6 Å². The van der Waals surface area contributed by atoms with E-state index in [9.17, 15) is 4.39 Å². The largest absolute Gasteiger partial charge is 0.265 e. The van der Waals surface area contributed by atoms with Crippen LogP contribution in [0.4, 0.5) is 4.39 Å². The third-order valence-electron chi connectivity index (χ3n) is 2.06. The molecule has 0 saturated carbocycles. The van der Waals surface area contributed by atoms with Gasteiger partial charge in [0.15, 0.2) is 0 Å². The molecule has 82 valence electrons. The van der Waals surface area contributed by atoms with Crippen molar-refractivity contribution in [3.63, 3.8) is 0 Å². The third kappa shape index (κ3) is 3.06. The van der Waals surface area contributed by atoms with Crippen LogP contribution in [-0.2, 0) is 5.75 Å². The average Bonchev–Trinajstić information content (AvgIpc) is 2.29. The summed E-state index contributed by atoms with van der Waals surface area (Å²) in [5.41, 5.74) is 1.09. The van der Waals surface area contributed by atoms with Gasteiger partial charge in [0.25, 0.3) is 0 Å². The van der Waals surface area contributed by atoms with E-state index < -0.39 is 0 Å². The molecule has 0 amide bonds. The molecule has 1 nitrogen and oxygen atoms in total. The van der Waals surface area contributed by atoms with Gasteiger partial charge in [-0.25, -0.2) is 4.39 Å². The first-order valence-corrected chi connectivity index (χ1v) is 6.50. The van der Waals surface area contributed by atoms with E-state index in [1.54, 1.807) is 30.2 Å². The first kappa shape index (κ1) is 11.6. The van der Waals surface area contributed by atoms with E-state index in [-0.39, 0.29) is 5.82 Å². The van der Waals surface area contributed by atoms with Crippen LogP contribution in [0.2, 0.25) is 0 Å². The number of halogens is 2. The minimum Gasteiger partial charge on any atom is -0.265 e. The summed E-state index contributed by atoms with van der Waals surface area (Å²) in [4.78, 5) is 5.12. The first-order chi connectivity index (χ1) is 7.75. The second kappa shape index (κ2) is 5.46. The lowest BCUT2D eigenvalue weighted by atomic mass is 10.2. The highest BCUT2D eigenvalue weighted by molar-refractivity contribution is 9.10. The molecular weight excluding hydrogens is 289 g/mol. The van der Waals surface area contributed by atoms with Crippen molar-refractivity contribution in [1.82, 2.24) is 4.98 Å². The van der Waals surface area contributed by atoms with E-state index in [0.717, 1.165) is 20.7 Å². The summed E-state index contributed by atoms with van der Waals surface area (Å²) in [6, 6.07) is 8.69. The third-order valence-corrected chi connectivity index (χ3v) is 3.86. The number of pyridine rings is 1.